The Labute approximate surface area is 139 Å². The van der Waals surface area contributed by atoms with Crippen molar-refractivity contribution in [3.05, 3.63) is 29.3 Å². The molecule has 0 aliphatic rings. The normalized spacial score (nSPS) is 10.7. The number of halogens is 1. The summed E-state index contributed by atoms with van der Waals surface area (Å²) in [7, 11) is 0. The maximum atomic E-state index is 11.5. The minimum atomic E-state index is -0.244. The number of hydrogen-bond donors (Lipinski definition) is 0. The molecule has 7 heteroatoms. The SMILES string of the molecule is CCCn1c(SCC(=O)OCC)nnc1-c1ccc(Cl)cc1. The molecular formula is C15H18ClN3O2S. The van der Waals surface area contributed by atoms with Gasteiger partial charge in [0.05, 0.1) is 12.4 Å². The van der Waals surface area contributed by atoms with Crippen molar-refractivity contribution in [1.82, 2.24) is 14.8 Å². The zero-order valence-corrected chi connectivity index (χ0v) is 14.2. The number of nitrogens with zero attached hydrogens (tertiary/aromatic N) is 3. The van der Waals surface area contributed by atoms with Crippen molar-refractivity contribution in [2.24, 2.45) is 0 Å². The van der Waals surface area contributed by atoms with Crippen LogP contribution >= 0.6 is 23.4 Å². The largest absolute Gasteiger partial charge is 0.465 e. The van der Waals surface area contributed by atoms with Crippen LogP contribution in [0.1, 0.15) is 20.3 Å². The molecule has 0 bridgehead atoms. The Morgan fingerprint density at radius 2 is 2.00 bits per heavy atom. The van der Waals surface area contributed by atoms with Crippen LogP contribution < -0.4 is 0 Å². The fourth-order valence-electron chi connectivity index (χ4n) is 1.96. The first-order chi connectivity index (χ1) is 10.7. The van der Waals surface area contributed by atoms with Gasteiger partial charge in [-0.2, -0.15) is 0 Å². The molecule has 0 aliphatic carbocycles. The number of carbonyl (C=O) groups is 1. The van der Waals surface area contributed by atoms with E-state index in [0.29, 0.717) is 11.6 Å². The van der Waals surface area contributed by atoms with E-state index in [0.717, 1.165) is 29.5 Å². The van der Waals surface area contributed by atoms with Crippen molar-refractivity contribution in [3.63, 3.8) is 0 Å². The summed E-state index contributed by atoms with van der Waals surface area (Å²) < 4.78 is 6.96. The highest BCUT2D eigenvalue weighted by atomic mass is 35.5. The van der Waals surface area contributed by atoms with Gasteiger partial charge in [0.25, 0.3) is 0 Å². The molecule has 118 valence electrons. The van der Waals surface area contributed by atoms with Gasteiger partial charge in [-0.15, -0.1) is 10.2 Å². The van der Waals surface area contributed by atoms with Crippen LogP contribution in [0.15, 0.2) is 29.4 Å². The van der Waals surface area contributed by atoms with E-state index in [-0.39, 0.29) is 11.7 Å². The maximum absolute atomic E-state index is 11.5. The predicted molar refractivity (Wildman–Crippen MR) is 88.1 cm³/mol. The minimum Gasteiger partial charge on any atom is -0.465 e. The number of aromatic nitrogens is 3. The Morgan fingerprint density at radius 1 is 1.27 bits per heavy atom. The zero-order chi connectivity index (χ0) is 15.9. The molecule has 0 radical (unpaired) electrons. The molecule has 0 spiro atoms. The first kappa shape index (κ1) is 16.8. The van der Waals surface area contributed by atoms with E-state index < -0.39 is 0 Å². The van der Waals surface area contributed by atoms with Crippen LogP contribution in [0.4, 0.5) is 0 Å². The number of esters is 1. The topological polar surface area (TPSA) is 57.0 Å². The molecule has 1 aromatic carbocycles. The second-order valence-corrected chi connectivity index (χ2v) is 5.94. The molecule has 2 aromatic rings. The molecule has 0 saturated carbocycles. The Bertz CT molecular complexity index is 628. The second kappa shape index (κ2) is 8.19. The monoisotopic (exact) mass is 339 g/mol. The molecular weight excluding hydrogens is 322 g/mol. The van der Waals surface area contributed by atoms with E-state index in [1.807, 2.05) is 28.8 Å². The Morgan fingerprint density at radius 3 is 2.64 bits per heavy atom. The molecule has 22 heavy (non-hydrogen) atoms. The number of benzene rings is 1. The predicted octanol–water partition coefficient (Wildman–Crippen LogP) is 3.66. The van der Waals surface area contributed by atoms with Gasteiger partial charge in [0, 0.05) is 17.1 Å². The zero-order valence-electron chi connectivity index (χ0n) is 12.6. The fraction of sp³-hybridized carbons (Fsp3) is 0.400. The third kappa shape index (κ3) is 4.24. The van der Waals surface area contributed by atoms with Gasteiger partial charge in [0.15, 0.2) is 11.0 Å². The summed E-state index contributed by atoms with van der Waals surface area (Å²) in [5.74, 6) is 0.771. The molecule has 2 rings (SSSR count). The number of rotatable bonds is 7. The molecule has 0 amide bonds. The summed E-state index contributed by atoms with van der Waals surface area (Å²) in [6.45, 7) is 5.05. The van der Waals surface area contributed by atoms with Crippen LogP contribution in [-0.2, 0) is 16.1 Å². The van der Waals surface area contributed by atoms with Crippen LogP contribution in [0.5, 0.6) is 0 Å². The van der Waals surface area contributed by atoms with Crippen LogP contribution in [0.2, 0.25) is 5.02 Å². The molecule has 0 N–H and O–H groups in total. The lowest BCUT2D eigenvalue weighted by molar-refractivity contribution is -0.139. The Hall–Kier alpha value is -1.53. The lowest BCUT2D eigenvalue weighted by atomic mass is 10.2. The van der Waals surface area contributed by atoms with E-state index >= 15 is 0 Å². The van der Waals surface area contributed by atoms with E-state index in [1.54, 1.807) is 6.92 Å². The highest BCUT2D eigenvalue weighted by molar-refractivity contribution is 7.99. The Kier molecular flexibility index (Phi) is 6.27. The molecule has 0 saturated heterocycles. The third-order valence-corrected chi connectivity index (χ3v) is 4.08. The van der Waals surface area contributed by atoms with Gasteiger partial charge < -0.3 is 9.30 Å². The van der Waals surface area contributed by atoms with Crippen molar-refractivity contribution < 1.29 is 9.53 Å². The van der Waals surface area contributed by atoms with E-state index in [2.05, 4.69) is 17.1 Å². The van der Waals surface area contributed by atoms with E-state index in [9.17, 15) is 4.79 Å². The summed E-state index contributed by atoms with van der Waals surface area (Å²) >= 11 is 7.26. The van der Waals surface area contributed by atoms with Crippen molar-refractivity contribution >= 4 is 29.3 Å². The maximum Gasteiger partial charge on any atom is 0.316 e. The summed E-state index contributed by atoms with van der Waals surface area (Å²) in [6.07, 6.45) is 0.950. The number of ether oxygens (including phenoxy) is 1. The van der Waals surface area contributed by atoms with Crippen LogP contribution in [0.25, 0.3) is 11.4 Å². The van der Waals surface area contributed by atoms with Gasteiger partial charge in [-0.25, -0.2) is 0 Å². The molecule has 0 unspecified atom stereocenters. The van der Waals surface area contributed by atoms with Crippen LogP contribution in [0, 0.1) is 0 Å². The van der Waals surface area contributed by atoms with Gasteiger partial charge >= 0.3 is 5.97 Å². The summed E-state index contributed by atoms with van der Waals surface area (Å²) in [6, 6.07) is 7.48. The molecule has 0 atom stereocenters. The average Bonchev–Trinajstić information content (AvgIpc) is 2.90. The summed E-state index contributed by atoms with van der Waals surface area (Å²) in [5, 5.41) is 9.86. The van der Waals surface area contributed by atoms with Crippen LogP contribution in [0.3, 0.4) is 0 Å². The Balaban J connectivity index is 2.21. The molecule has 1 heterocycles. The van der Waals surface area contributed by atoms with Gasteiger partial charge in [-0.1, -0.05) is 30.3 Å². The molecule has 0 fully saturated rings. The lowest BCUT2D eigenvalue weighted by Gasteiger charge is -2.08. The van der Waals surface area contributed by atoms with Crippen molar-refractivity contribution in [2.45, 2.75) is 32.0 Å². The molecule has 5 nitrogen and oxygen atoms in total. The number of thioether (sulfide) groups is 1. The molecule has 1 aromatic heterocycles. The average molecular weight is 340 g/mol. The number of carbonyl (C=O) groups excluding carboxylic acids is 1. The lowest BCUT2D eigenvalue weighted by Crippen LogP contribution is -2.08. The van der Waals surface area contributed by atoms with Gasteiger partial charge in [0.2, 0.25) is 0 Å². The van der Waals surface area contributed by atoms with Crippen molar-refractivity contribution in [1.29, 1.82) is 0 Å². The second-order valence-electron chi connectivity index (χ2n) is 4.56. The minimum absolute atomic E-state index is 0.232. The highest BCUT2D eigenvalue weighted by Gasteiger charge is 2.15. The van der Waals surface area contributed by atoms with Crippen molar-refractivity contribution in [2.75, 3.05) is 12.4 Å². The fourth-order valence-corrected chi connectivity index (χ4v) is 2.85. The number of hydrogen-bond acceptors (Lipinski definition) is 5. The molecule has 0 aliphatic heterocycles. The van der Waals surface area contributed by atoms with Crippen LogP contribution in [-0.4, -0.2) is 33.1 Å². The van der Waals surface area contributed by atoms with E-state index in [1.165, 1.54) is 11.8 Å². The third-order valence-electron chi connectivity index (χ3n) is 2.89. The van der Waals surface area contributed by atoms with Gasteiger partial charge in [-0.3, -0.25) is 4.79 Å². The first-order valence-electron chi connectivity index (χ1n) is 7.13. The van der Waals surface area contributed by atoms with E-state index in [4.69, 9.17) is 16.3 Å². The smallest absolute Gasteiger partial charge is 0.316 e. The standard InChI is InChI=1S/C15H18ClN3O2S/c1-3-9-19-14(11-5-7-12(16)8-6-11)17-18-15(19)22-10-13(20)21-4-2/h5-8H,3-4,9-10H2,1-2H3. The quantitative estimate of drug-likeness (QED) is 0.569. The van der Waals surface area contributed by atoms with Crippen molar-refractivity contribution in [3.8, 4) is 11.4 Å². The summed E-state index contributed by atoms with van der Waals surface area (Å²) in [4.78, 5) is 11.5. The van der Waals surface area contributed by atoms with Gasteiger partial charge in [-0.05, 0) is 37.6 Å². The van der Waals surface area contributed by atoms with Gasteiger partial charge in [0.1, 0.15) is 0 Å². The summed E-state index contributed by atoms with van der Waals surface area (Å²) in [5.41, 5.74) is 0.952. The first-order valence-corrected chi connectivity index (χ1v) is 8.49. The highest BCUT2D eigenvalue weighted by Crippen LogP contribution is 2.25.